The van der Waals surface area contributed by atoms with E-state index in [0.29, 0.717) is 12.1 Å². The molecule has 0 bridgehead atoms. The molecule has 1 aliphatic heterocycles. The van der Waals surface area contributed by atoms with Crippen LogP contribution in [0.25, 0.3) is 11.0 Å². The number of hydrogen-bond donors (Lipinski definition) is 0. The first-order valence-corrected chi connectivity index (χ1v) is 8.68. The first kappa shape index (κ1) is 17.7. The van der Waals surface area contributed by atoms with Crippen LogP contribution in [0.15, 0.2) is 36.8 Å². The maximum absolute atomic E-state index is 12.9. The van der Waals surface area contributed by atoms with Crippen LogP contribution >= 0.6 is 0 Å². The smallest absolute Gasteiger partial charge is 0.353 e. The van der Waals surface area contributed by atoms with E-state index in [4.69, 9.17) is 0 Å². The van der Waals surface area contributed by atoms with E-state index in [1.165, 1.54) is 18.5 Å². The summed E-state index contributed by atoms with van der Waals surface area (Å²) in [7, 11) is 1.84. The van der Waals surface area contributed by atoms with Gasteiger partial charge in [0.2, 0.25) is 0 Å². The first-order chi connectivity index (χ1) is 12.9. The molecule has 0 spiro atoms. The molecule has 1 aromatic carbocycles. The summed E-state index contributed by atoms with van der Waals surface area (Å²) in [6.45, 7) is 3.51. The molecule has 6 nitrogen and oxygen atoms in total. The number of hydrogen-bond acceptors (Lipinski definition) is 5. The lowest BCUT2D eigenvalue weighted by Crippen LogP contribution is -2.46. The Hall–Kier alpha value is -2.68. The van der Waals surface area contributed by atoms with Gasteiger partial charge in [-0.05, 0) is 11.6 Å². The van der Waals surface area contributed by atoms with Crippen molar-refractivity contribution >= 4 is 16.9 Å². The minimum atomic E-state index is -4.31. The Balaban J connectivity index is 1.43. The maximum Gasteiger partial charge on any atom is 0.416 e. The average molecular weight is 376 g/mol. The Bertz CT molecular complexity index is 944. The molecule has 3 aromatic rings. The normalized spacial score (nSPS) is 16.2. The highest BCUT2D eigenvalue weighted by Gasteiger charge is 2.30. The van der Waals surface area contributed by atoms with Gasteiger partial charge in [0.15, 0.2) is 5.65 Å². The molecule has 4 rings (SSSR count). The van der Waals surface area contributed by atoms with Gasteiger partial charge in [-0.3, -0.25) is 9.58 Å². The maximum atomic E-state index is 12.9. The molecule has 142 valence electrons. The van der Waals surface area contributed by atoms with Crippen LogP contribution in [0.5, 0.6) is 0 Å². The molecule has 0 unspecified atom stereocenters. The number of rotatable bonds is 3. The second-order valence-corrected chi connectivity index (χ2v) is 6.66. The number of fused-ring (bicyclic) bond motifs is 1. The summed E-state index contributed by atoms with van der Waals surface area (Å²) in [6.07, 6.45) is -1.01. The molecule has 0 radical (unpaired) electrons. The molecule has 9 heteroatoms. The molecule has 0 N–H and O–H groups in total. The number of benzene rings is 1. The summed E-state index contributed by atoms with van der Waals surface area (Å²) in [5.41, 5.74) is 0.861. The summed E-state index contributed by atoms with van der Waals surface area (Å²) >= 11 is 0. The van der Waals surface area contributed by atoms with E-state index < -0.39 is 11.7 Å². The number of piperazine rings is 1. The molecule has 0 aliphatic carbocycles. The van der Waals surface area contributed by atoms with E-state index in [2.05, 4.69) is 24.9 Å². The van der Waals surface area contributed by atoms with Crippen molar-refractivity contribution in [2.24, 2.45) is 7.05 Å². The van der Waals surface area contributed by atoms with Crippen LogP contribution < -0.4 is 4.90 Å². The van der Waals surface area contributed by atoms with Crippen molar-refractivity contribution in [2.45, 2.75) is 12.7 Å². The van der Waals surface area contributed by atoms with E-state index in [1.54, 1.807) is 16.9 Å². The van der Waals surface area contributed by atoms with Crippen LogP contribution in [0.4, 0.5) is 19.0 Å². The topological polar surface area (TPSA) is 50.1 Å². The molecule has 1 fully saturated rings. The summed E-state index contributed by atoms with van der Waals surface area (Å²) in [5, 5.41) is 5.14. The number of aryl methyl sites for hydroxylation is 1. The minimum absolute atomic E-state index is 0.504. The molecule has 0 amide bonds. The van der Waals surface area contributed by atoms with Gasteiger partial charge in [0.25, 0.3) is 0 Å². The van der Waals surface area contributed by atoms with Crippen molar-refractivity contribution in [1.29, 1.82) is 0 Å². The fourth-order valence-electron chi connectivity index (χ4n) is 3.42. The third kappa shape index (κ3) is 3.59. The summed E-state index contributed by atoms with van der Waals surface area (Å²) < 4.78 is 40.3. The van der Waals surface area contributed by atoms with Crippen molar-refractivity contribution in [2.75, 3.05) is 31.1 Å². The lowest BCUT2D eigenvalue weighted by atomic mass is 10.1. The van der Waals surface area contributed by atoms with Crippen molar-refractivity contribution in [3.63, 3.8) is 0 Å². The van der Waals surface area contributed by atoms with Gasteiger partial charge in [-0.2, -0.15) is 18.3 Å². The lowest BCUT2D eigenvalue weighted by Gasteiger charge is -2.35. The monoisotopic (exact) mass is 376 g/mol. The predicted octanol–water partition coefficient (Wildman–Crippen LogP) is 2.70. The minimum Gasteiger partial charge on any atom is -0.353 e. The Morgan fingerprint density at radius 1 is 1.07 bits per heavy atom. The summed E-state index contributed by atoms with van der Waals surface area (Å²) in [6, 6.07) is 5.55. The number of alkyl halides is 3. The molecule has 1 aliphatic rings. The third-order valence-corrected chi connectivity index (χ3v) is 4.84. The van der Waals surface area contributed by atoms with Crippen molar-refractivity contribution in [3.05, 3.63) is 47.9 Å². The highest BCUT2D eigenvalue weighted by Crippen LogP contribution is 2.30. The van der Waals surface area contributed by atoms with Crippen LogP contribution in [0.3, 0.4) is 0 Å². The quantitative estimate of drug-likeness (QED) is 0.704. The van der Waals surface area contributed by atoms with Gasteiger partial charge in [0.1, 0.15) is 12.1 Å². The zero-order valence-electron chi connectivity index (χ0n) is 14.8. The second-order valence-electron chi connectivity index (χ2n) is 6.66. The number of aromatic nitrogens is 4. The van der Waals surface area contributed by atoms with Gasteiger partial charge in [-0.25, -0.2) is 9.97 Å². The van der Waals surface area contributed by atoms with Crippen molar-refractivity contribution in [1.82, 2.24) is 24.6 Å². The molecule has 3 heterocycles. The number of halogens is 3. The predicted molar refractivity (Wildman–Crippen MR) is 95.2 cm³/mol. The van der Waals surface area contributed by atoms with E-state index in [9.17, 15) is 13.2 Å². The molecule has 1 saturated heterocycles. The summed E-state index contributed by atoms with van der Waals surface area (Å²) in [5.74, 6) is 0.854. The van der Waals surface area contributed by atoms with Crippen LogP contribution in [0, 0.1) is 0 Å². The van der Waals surface area contributed by atoms with Gasteiger partial charge < -0.3 is 4.90 Å². The number of anilines is 1. The van der Waals surface area contributed by atoms with E-state index in [1.807, 2.05) is 7.05 Å². The fourth-order valence-corrected chi connectivity index (χ4v) is 3.42. The molecule has 27 heavy (non-hydrogen) atoms. The van der Waals surface area contributed by atoms with Gasteiger partial charge >= 0.3 is 6.18 Å². The van der Waals surface area contributed by atoms with E-state index in [-0.39, 0.29) is 0 Å². The lowest BCUT2D eigenvalue weighted by molar-refractivity contribution is -0.137. The van der Waals surface area contributed by atoms with E-state index >= 15 is 0 Å². The average Bonchev–Trinajstić information content (AvgIpc) is 3.03. The Kier molecular flexibility index (Phi) is 4.47. The van der Waals surface area contributed by atoms with Crippen molar-refractivity contribution < 1.29 is 13.2 Å². The van der Waals surface area contributed by atoms with Gasteiger partial charge in [0, 0.05) is 39.8 Å². The van der Waals surface area contributed by atoms with Gasteiger partial charge in [-0.15, -0.1) is 0 Å². The van der Waals surface area contributed by atoms with Crippen LogP contribution in [0.2, 0.25) is 0 Å². The molecular weight excluding hydrogens is 357 g/mol. The zero-order chi connectivity index (χ0) is 19.0. The third-order valence-electron chi connectivity index (χ3n) is 4.84. The molecule has 0 atom stereocenters. The first-order valence-electron chi connectivity index (χ1n) is 8.68. The highest BCUT2D eigenvalue weighted by atomic mass is 19.4. The Morgan fingerprint density at radius 3 is 2.59 bits per heavy atom. The van der Waals surface area contributed by atoms with E-state index in [0.717, 1.165) is 49.1 Å². The Morgan fingerprint density at radius 2 is 1.85 bits per heavy atom. The summed E-state index contributed by atoms with van der Waals surface area (Å²) in [4.78, 5) is 13.0. The Labute approximate surface area is 154 Å². The molecule has 0 saturated carbocycles. The van der Waals surface area contributed by atoms with Gasteiger partial charge in [0.05, 0.1) is 17.1 Å². The van der Waals surface area contributed by atoms with Crippen LogP contribution in [0.1, 0.15) is 11.1 Å². The largest absolute Gasteiger partial charge is 0.416 e. The van der Waals surface area contributed by atoms with Crippen LogP contribution in [-0.2, 0) is 19.8 Å². The SMILES string of the molecule is Cn1ncc2c(N3CCN(Cc4cccc(C(F)(F)F)c4)CC3)ncnc21. The van der Waals surface area contributed by atoms with Crippen LogP contribution in [-0.4, -0.2) is 50.8 Å². The highest BCUT2D eigenvalue weighted by molar-refractivity contribution is 5.86. The number of nitrogens with zero attached hydrogens (tertiary/aromatic N) is 6. The molecule has 2 aromatic heterocycles. The zero-order valence-corrected chi connectivity index (χ0v) is 14.8. The van der Waals surface area contributed by atoms with Crippen molar-refractivity contribution in [3.8, 4) is 0 Å². The standard InChI is InChI=1S/C18H19F3N6/c1-25-16-15(10-24-25)17(23-12-22-16)27-7-5-26(6-8-27)11-13-3-2-4-14(9-13)18(19,20)21/h2-4,9-10,12H,5-8,11H2,1H3. The fraction of sp³-hybridized carbons (Fsp3) is 0.389. The van der Waals surface area contributed by atoms with Gasteiger partial charge in [-0.1, -0.05) is 18.2 Å². The second kappa shape index (κ2) is 6.80. The molecular formula is C18H19F3N6.